The van der Waals surface area contributed by atoms with E-state index in [1.54, 1.807) is 0 Å². The molecule has 2 N–H and O–H groups in total. The van der Waals surface area contributed by atoms with Crippen molar-refractivity contribution in [2.75, 3.05) is 11.4 Å². The minimum absolute atomic E-state index is 0.462. The molecular weight excluding hydrogens is 276 g/mol. The van der Waals surface area contributed by atoms with E-state index in [4.69, 9.17) is 18.0 Å². The highest BCUT2D eigenvalue weighted by Gasteiger charge is 2.24. The molecule has 0 saturated carbocycles. The minimum atomic E-state index is 0.462. The van der Waals surface area contributed by atoms with Crippen molar-refractivity contribution >= 4 is 28.6 Å². The van der Waals surface area contributed by atoms with Crippen LogP contribution in [0.1, 0.15) is 23.6 Å². The zero-order valence-electron chi connectivity index (χ0n) is 12.5. The number of benzene rings is 2. The van der Waals surface area contributed by atoms with Crippen molar-refractivity contribution in [2.45, 2.75) is 20.3 Å². The van der Waals surface area contributed by atoms with Gasteiger partial charge in [0.05, 0.1) is 5.69 Å². The van der Waals surface area contributed by atoms with E-state index in [1.807, 2.05) is 0 Å². The van der Waals surface area contributed by atoms with Gasteiger partial charge in [0.25, 0.3) is 0 Å². The SMILES string of the molecule is Cc1ccc(N2CC(C)Cc3ccccc32)c(C(N)=S)c1. The van der Waals surface area contributed by atoms with E-state index in [2.05, 4.69) is 61.2 Å². The molecule has 1 heterocycles. The van der Waals surface area contributed by atoms with E-state index in [9.17, 15) is 0 Å². The molecule has 2 aromatic rings. The average Bonchev–Trinajstić information content (AvgIpc) is 2.46. The van der Waals surface area contributed by atoms with Crippen LogP contribution in [0.3, 0.4) is 0 Å². The molecule has 0 spiro atoms. The number of nitrogens with zero attached hydrogens (tertiary/aromatic N) is 1. The van der Waals surface area contributed by atoms with Crippen LogP contribution in [0.15, 0.2) is 42.5 Å². The molecule has 1 atom stereocenters. The molecule has 0 aliphatic carbocycles. The first kappa shape index (κ1) is 14.1. The van der Waals surface area contributed by atoms with E-state index in [0.29, 0.717) is 10.9 Å². The zero-order valence-corrected chi connectivity index (χ0v) is 13.3. The van der Waals surface area contributed by atoms with Gasteiger partial charge < -0.3 is 10.6 Å². The normalized spacial score (nSPS) is 17.4. The molecule has 0 radical (unpaired) electrons. The predicted molar refractivity (Wildman–Crippen MR) is 93.4 cm³/mol. The highest BCUT2D eigenvalue weighted by Crippen LogP contribution is 2.37. The summed E-state index contributed by atoms with van der Waals surface area (Å²) in [7, 11) is 0. The molecule has 1 unspecified atom stereocenters. The van der Waals surface area contributed by atoms with E-state index in [0.717, 1.165) is 24.2 Å². The topological polar surface area (TPSA) is 29.3 Å². The summed E-state index contributed by atoms with van der Waals surface area (Å²) in [4.78, 5) is 2.82. The maximum absolute atomic E-state index is 5.95. The highest BCUT2D eigenvalue weighted by atomic mass is 32.1. The molecule has 0 amide bonds. The van der Waals surface area contributed by atoms with Crippen molar-refractivity contribution in [3.05, 3.63) is 59.2 Å². The molecule has 21 heavy (non-hydrogen) atoms. The lowest BCUT2D eigenvalue weighted by Gasteiger charge is -2.36. The lowest BCUT2D eigenvalue weighted by Crippen LogP contribution is -2.32. The van der Waals surface area contributed by atoms with Crippen LogP contribution in [-0.4, -0.2) is 11.5 Å². The molecule has 2 nitrogen and oxygen atoms in total. The fourth-order valence-electron chi connectivity index (χ4n) is 3.11. The fourth-order valence-corrected chi connectivity index (χ4v) is 3.27. The molecule has 108 valence electrons. The third kappa shape index (κ3) is 2.66. The molecule has 3 heteroatoms. The lowest BCUT2D eigenvalue weighted by molar-refractivity contribution is 0.562. The third-order valence-electron chi connectivity index (χ3n) is 4.05. The summed E-state index contributed by atoms with van der Waals surface area (Å²) in [6.45, 7) is 5.35. The molecule has 1 aliphatic heterocycles. The van der Waals surface area contributed by atoms with Gasteiger partial charge in [0.1, 0.15) is 4.99 Å². The standard InChI is InChI=1S/C18H20N2S/c1-12-7-8-17(15(10-12)18(19)21)20-11-13(2)9-14-5-3-4-6-16(14)20/h3-8,10,13H,9,11H2,1-2H3,(H2,19,21). The highest BCUT2D eigenvalue weighted by molar-refractivity contribution is 7.80. The van der Waals surface area contributed by atoms with Gasteiger partial charge in [-0.15, -0.1) is 0 Å². The van der Waals surface area contributed by atoms with Crippen LogP contribution in [0.25, 0.3) is 0 Å². The summed E-state index contributed by atoms with van der Waals surface area (Å²) in [6.07, 6.45) is 1.13. The maximum atomic E-state index is 5.95. The maximum Gasteiger partial charge on any atom is 0.106 e. The number of nitrogens with two attached hydrogens (primary N) is 1. The van der Waals surface area contributed by atoms with Gasteiger partial charge in [-0.3, -0.25) is 0 Å². The van der Waals surface area contributed by atoms with Gasteiger partial charge in [-0.25, -0.2) is 0 Å². The number of thiocarbonyl (C=S) groups is 1. The van der Waals surface area contributed by atoms with Gasteiger partial charge in [-0.2, -0.15) is 0 Å². The molecule has 0 fully saturated rings. The van der Waals surface area contributed by atoms with Crippen LogP contribution in [0, 0.1) is 12.8 Å². The van der Waals surface area contributed by atoms with Crippen LogP contribution >= 0.6 is 12.2 Å². The van der Waals surface area contributed by atoms with E-state index >= 15 is 0 Å². The quantitative estimate of drug-likeness (QED) is 0.851. The number of anilines is 2. The molecule has 3 rings (SSSR count). The van der Waals surface area contributed by atoms with Gasteiger partial charge in [0.2, 0.25) is 0 Å². The van der Waals surface area contributed by atoms with Crippen molar-refractivity contribution in [3.63, 3.8) is 0 Å². The number of aryl methyl sites for hydroxylation is 1. The summed E-state index contributed by atoms with van der Waals surface area (Å²) >= 11 is 5.26. The monoisotopic (exact) mass is 296 g/mol. The predicted octanol–water partition coefficient (Wildman–Crippen LogP) is 3.96. The van der Waals surface area contributed by atoms with Gasteiger partial charge in [-0.1, -0.05) is 49.0 Å². The minimum Gasteiger partial charge on any atom is -0.389 e. The van der Waals surface area contributed by atoms with Crippen LogP contribution in [0.5, 0.6) is 0 Å². The largest absolute Gasteiger partial charge is 0.389 e. The Morgan fingerprint density at radius 2 is 1.95 bits per heavy atom. The van der Waals surface area contributed by atoms with Crippen molar-refractivity contribution in [3.8, 4) is 0 Å². The van der Waals surface area contributed by atoms with Crippen molar-refractivity contribution in [2.24, 2.45) is 11.7 Å². The smallest absolute Gasteiger partial charge is 0.106 e. The van der Waals surface area contributed by atoms with Gasteiger partial charge in [0, 0.05) is 17.8 Å². The van der Waals surface area contributed by atoms with Crippen molar-refractivity contribution in [1.82, 2.24) is 0 Å². The lowest BCUT2D eigenvalue weighted by atomic mass is 9.92. The van der Waals surface area contributed by atoms with Gasteiger partial charge in [-0.05, 0) is 43.0 Å². The van der Waals surface area contributed by atoms with Crippen LogP contribution in [0.4, 0.5) is 11.4 Å². The Hall–Kier alpha value is -1.87. The first-order chi connectivity index (χ1) is 10.1. The van der Waals surface area contributed by atoms with E-state index < -0.39 is 0 Å². The second-order valence-electron chi connectivity index (χ2n) is 5.93. The molecule has 0 bridgehead atoms. The Kier molecular flexibility index (Phi) is 3.68. The van der Waals surface area contributed by atoms with E-state index in [1.165, 1.54) is 16.8 Å². The Morgan fingerprint density at radius 1 is 1.19 bits per heavy atom. The Labute approximate surface area is 131 Å². The Balaban J connectivity index is 2.15. The molecular formula is C18H20N2S. The summed E-state index contributed by atoms with van der Waals surface area (Å²) in [5.74, 6) is 0.611. The molecule has 0 aromatic heterocycles. The number of fused-ring (bicyclic) bond motifs is 1. The molecule has 0 saturated heterocycles. The average molecular weight is 296 g/mol. The summed E-state index contributed by atoms with van der Waals surface area (Å²) in [6, 6.07) is 14.9. The number of para-hydroxylation sites is 1. The number of rotatable bonds is 2. The second-order valence-corrected chi connectivity index (χ2v) is 6.37. The molecule has 2 aromatic carbocycles. The van der Waals surface area contributed by atoms with Crippen LogP contribution in [-0.2, 0) is 6.42 Å². The number of hydrogen-bond acceptors (Lipinski definition) is 2. The first-order valence-electron chi connectivity index (χ1n) is 7.32. The van der Waals surface area contributed by atoms with Gasteiger partial charge >= 0.3 is 0 Å². The number of hydrogen-bond donors (Lipinski definition) is 1. The van der Waals surface area contributed by atoms with Gasteiger partial charge in [0.15, 0.2) is 0 Å². The second kappa shape index (κ2) is 5.49. The van der Waals surface area contributed by atoms with Crippen LogP contribution < -0.4 is 10.6 Å². The Morgan fingerprint density at radius 3 is 2.71 bits per heavy atom. The molecule has 1 aliphatic rings. The summed E-state index contributed by atoms with van der Waals surface area (Å²) < 4.78 is 0. The third-order valence-corrected chi connectivity index (χ3v) is 4.27. The summed E-state index contributed by atoms with van der Waals surface area (Å²) in [5, 5.41) is 0. The van der Waals surface area contributed by atoms with Crippen molar-refractivity contribution < 1.29 is 0 Å². The van der Waals surface area contributed by atoms with Crippen LogP contribution in [0.2, 0.25) is 0 Å². The first-order valence-corrected chi connectivity index (χ1v) is 7.73. The van der Waals surface area contributed by atoms with E-state index in [-0.39, 0.29) is 0 Å². The Bertz CT molecular complexity index is 693. The summed E-state index contributed by atoms with van der Waals surface area (Å²) in [5.41, 5.74) is 11.9. The fraction of sp³-hybridized carbons (Fsp3) is 0.278. The van der Waals surface area contributed by atoms with Crippen molar-refractivity contribution in [1.29, 1.82) is 0 Å². The zero-order chi connectivity index (χ0) is 15.0.